The zero-order chi connectivity index (χ0) is 28.7. The molecule has 12 heteroatoms. The number of carboxylic acids is 1. The summed E-state index contributed by atoms with van der Waals surface area (Å²) in [5, 5.41) is 21.9. The van der Waals surface area contributed by atoms with Gasteiger partial charge in [-0.05, 0) is 30.7 Å². The average molecular weight is 790 g/mol. The third-order valence-electron chi connectivity index (χ3n) is 6.40. The van der Waals surface area contributed by atoms with Gasteiger partial charge < -0.3 is 34.6 Å². The monoisotopic (exact) mass is 789 g/mol. The van der Waals surface area contributed by atoms with E-state index in [1.54, 1.807) is 36.4 Å². The van der Waals surface area contributed by atoms with Crippen LogP contribution in [0, 0.1) is 49.5 Å². The second kappa shape index (κ2) is 15.4. The van der Waals surface area contributed by atoms with E-state index in [0.717, 1.165) is 0 Å². The molecule has 0 bridgehead atoms. The predicted molar refractivity (Wildman–Crippen MR) is 145 cm³/mol. The van der Waals surface area contributed by atoms with Gasteiger partial charge in [-0.1, -0.05) is 37.6 Å². The summed E-state index contributed by atoms with van der Waals surface area (Å²) in [4.78, 5) is 39.1. The molecule has 0 aromatic heterocycles. The average Bonchev–Trinajstić information content (AvgIpc) is 3.00. The van der Waals surface area contributed by atoms with Crippen LogP contribution in [-0.4, -0.2) is 68.0 Å². The summed E-state index contributed by atoms with van der Waals surface area (Å²) in [5.74, 6) is -1.00. The molecular formula is C28H35AcClN2O8. The number of para-hydroxylation sites is 1. The van der Waals surface area contributed by atoms with Gasteiger partial charge in [-0.3, -0.25) is 14.4 Å². The molecule has 1 aliphatic rings. The van der Waals surface area contributed by atoms with Crippen LogP contribution in [0.1, 0.15) is 50.3 Å². The Morgan fingerprint density at radius 3 is 2.50 bits per heavy atom. The predicted octanol–water partition coefficient (Wildman–Crippen LogP) is 3.57. The van der Waals surface area contributed by atoms with Gasteiger partial charge in [-0.15, -0.1) is 0 Å². The number of ether oxygens (including phenoxy) is 3. The number of anilines is 1. The van der Waals surface area contributed by atoms with Crippen molar-refractivity contribution in [1.82, 2.24) is 5.32 Å². The quantitative estimate of drug-likeness (QED) is 0.278. The van der Waals surface area contributed by atoms with E-state index in [4.69, 9.17) is 30.9 Å². The zero-order valence-electron chi connectivity index (χ0n) is 23.1. The number of nitrogens with one attached hydrogen (secondary N) is 1. The third kappa shape index (κ3) is 8.56. The normalized spacial score (nSPS) is 16.9. The number of methoxy groups -OCH3 is 2. The van der Waals surface area contributed by atoms with Gasteiger partial charge in [0, 0.05) is 97.4 Å². The van der Waals surface area contributed by atoms with Gasteiger partial charge in [-0.2, -0.15) is 0 Å². The van der Waals surface area contributed by atoms with E-state index >= 15 is 0 Å². The van der Waals surface area contributed by atoms with Gasteiger partial charge in [0.05, 0.1) is 20.6 Å². The summed E-state index contributed by atoms with van der Waals surface area (Å²) >= 11 is 6.41. The minimum Gasteiger partial charge on any atom is -0.493 e. The van der Waals surface area contributed by atoms with Crippen LogP contribution in [0.4, 0.5) is 5.69 Å². The van der Waals surface area contributed by atoms with Crippen LogP contribution in [0.2, 0.25) is 5.02 Å². The van der Waals surface area contributed by atoms with Crippen LogP contribution < -0.4 is 19.7 Å². The number of aliphatic hydroxyl groups is 1. The third-order valence-corrected chi connectivity index (χ3v) is 6.63. The number of benzene rings is 2. The number of amides is 2. The molecule has 2 aromatic rings. The number of halogens is 1. The molecule has 2 aromatic carbocycles. The van der Waals surface area contributed by atoms with E-state index in [1.807, 2.05) is 13.8 Å². The number of aliphatic carboxylic acids is 1. The van der Waals surface area contributed by atoms with Gasteiger partial charge >= 0.3 is 5.97 Å². The first-order chi connectivity index (χ1) is 18.5. The van der Waals surface area contributed by atoms with Gasteiger partial charge in [0.25, 0.3) is 5.91 Å². The van der Waals surface area contributed by atoms with Gasteiger partial charge in [0.2, 0.25) is 5.91 Å². The van der Waals surface area contributed by atoms with Crippen molar-refractivity contribution in [2.75, 3.05) is 38.8 Å². The molecule has 0 fully saturated rings. The first-order valence-electron chi connectivity index (χ1n) is 12.6. The van der Waals surface area contributed by atoms with Gasteiger partial charge in [-0.25, -0.2) is 0 Å². The van der Waals surface area contributed by atoms with Crippen LogP contribution >= 0.6 is 11.6 Å². The molecule has 215 valence electrons. The molecule has 2 amide bonds. The van der Waals surface area contributed by atoms with Gasteiger partial charge in [0.15, 0.2) is 11.5 Å². The molecule has 0 unspecified atom stereocenters. The number of carbonyl (C=O) groups excluding carboxylic acids is 2. The summed E-state index contributed by atoms with van der Waals surface area (Å²) in [6.07, 6.45) is -2.19. The minimum atomic E-state index is -1.20. The molecule has 3 N–H and O–H groups in total. The van der Waals surface area contributed by atoms with Crippen LogP contribution in [0.5, 0.6) is 11.5 Å². The number of hydrogen-bond acceptors (Lipinski definition) is 7. The van der Waals surface area contributed by atoms with Crippen molar-refractivity contribution in [1.29, 1.82) is 0 Å². The van der Waals surface area contributed by atoms with Gasteiger partial charge in [0.1, 0.15) is 12.2 Å². The Balaban J connectivity index is 0.00000560. The summed E-state index contributed by atoms with van der Waals surface area (Å²) in [6.45, 7) is 3.78. The summed E-state index contributed by atoms with van der Waals surface area (Å²) < 4.78 is 17.6. The van der Waals surface area contributed by atoms with Crippen molar-refractivity contribution < 1.29 is 82.9 Å². The van der Waals surface area contributed by atoms with Crippen LogP contribution in [0.3, 0.4) is 0 Å². The molecule has 0 saturated carbocycles. The summed E-state index contributed by atoms with van der Waals surface area (Å²) in [6, 6.07) is 10.4. The molecule has 40 heavy (non-hydrogen) atoms. The van der Waals surface area contributed by atoms with Crippen molar-refractivity contribution in [3.63, 3.8) is 0 Å². The molecule has 0 aliphatic carbocycles. The van der Waals surface area contributed by atoms with Crippen LogP contribution in [0.25, 0.3) is 0 Å². The minimum absolute atomic E-state index is 0. The Morgan fingerprint density at radius 2 is 1.88 bits per heavy atom. The number of hydrogen-bond donors (Lipinski definition) is 3. The van der Waals surface area contributed by atoms with Crippen LogP contribution in [0.15, 0.2) is 36.4 Å². The summed E-state index contributed by atoms with van der Waals surface area (Å²) in [7, 11) is 3.01. The van der Waals surface area contributed by atoms with E-state index in [1.165, 1.54) is 19.1 Å². The van der Waals surface area contributed by atoms with Crippen molar-refractivity contribution in [2.24, 2.45) is 5.41 Å². The number of carboxylic acid groups (broad SMARTS) is 1. The standard InChI is InChI=1S/C28H35ClN2O8.Ac/c1-28(2,16-32)15-31-20-11-10-17(29)13-19(20)25(18-7-5-8-21(37-3)26(18)38-4)39-22(27(31)36)14-23(33)30-12-6-9-24(34)35;/h5,7-8,10-11,13,22,25,32H,6,9,12,14-16H2,1-4H3,(H,30,33)(H,34,35);/t22-,25-;/m1./s1. The fourth-order valence-corrected chi connectivity index (χ4v) is 4.59. The molecule has 0 saturated heterocycles. The molecule has 1 aliphatic heterocycles. The Labute approximate surface area is 274 Å². The second-order valence-electron chi connectivity index (χ2n) is 10.1. The fourth-order valence-electron chi connectivity index (χ4n) is 4.41. The number of fused-ring (bicyclic) bond motifs is 1. The SMILES string of the molecule is COc1cccc([C@H]2O[C@H](CC(=O)NCCCC(=O)O)C(=O)N(CC(C)(C)CO)c3ccc(Cl)cc32)c1OC.[Ac]. The van der Waals surface area contributed by atoms with Crippen LogP contribution in [-0.2, 0) is 19.1 Å². The number of rotatable bonds is 12. The number of nitrogens with zero attached hydrogens (tertiary/aromatic N) is 1. The molecule has 0 spiro atoms. The first-order valence-corrected chi connectivity index (χ1v) is 13.0. The molecule has 10 nitrogen and oxygen atoms in total. The number of aliphatic hydroxyl groups excluding tert-OH is 1. The Bertz CT molecular complexity index is 1210. The van der Waals surface area contributed by atoms with E-state index in [0.29, 0.717) is 33.3 Å². The van der Waals surface area contributed by atoms with Crippen molar-refractivity contribution >= 4 is 35.1 Å². The smallest absolute Gasteiger partial charge is 0.303 e. The summed E-state index contributed by atoms with van der Waals surface area (Å²) in [5.41, 5.74) is 1.03. The maximum atomic E-state index is 14.0. The van der Waals surface area contributed by atoms with Crippen molar-refractivity contribution in [3.8, 4) is 11.5 Å². The van der Waals surface area contributed by atoms with E-state index in [-0.39, 0.29) is 83.0 Å². The van der Waals surface area contributed by atoms with Crippen molar-refractivity contribution in [2.45, 2.75) is 45.3 Å². The van der Waals surface area contributed by atoms with E-state index < -0.39 is 35.4 Å². The maximum Gasteiger partial charge on any atom is 0.303 e. The zero-order valence-corrected chi connectivity index (χ0v) is 28.6. The fraction of sp³-hybridized carbons (Fsp3) is 0.464. The topological polar surface area (TPSA) is 135 Å². The second-order valence-corrected chi connectivity index (χ2v) is 10.5. The van der Waals surface area contributed by atoms with E-state index in [2.05, 4.69) is 5.32 Å². The molecule has 2 atom stereocenters. The Morgan fingerprint density at radius 1 is 1.15 bits per heavy atom. The van der Waals surface area contributed by atoms with E-state index in [9.17, 15) is 19.5 Å². The maximum absolute atomic E-state index is 14.0. The Kier molecular flexibility index (Phi) is 13.2. The Hall–Kier alpha value is -1.90. The molecule has 3 rings (SSSR count). The first kappa shape index (κ1) is 34.3. The molecule has 1 heterocycles. The molecule has 1 radical (unpaired) electrons. The molecular weight excluding hydrogens is 755 g/mol. The largest absolute Gasteiger partial charge is 0.493 e. The van der Waals surface area contributed by atoms with Crippen molar-refractivity contribution in [3.05, 3.63) is 52.5 Å². The number of carbonyl (C=O) groups is 3.